The van der Waals surface area contributed by atoms with E-state index in [2.05, 4.69) is 9.98 Å². The number of nitrogens with two attached hydrogens (primary N) is 4. The lowest BCUT2D eigenvalue weighted by molar-refractivity contribution is -0.136. The molecular weight excluding hydrogens is 192 g/mol. The van der Waals surface area contributed by atoms with E-state index in [1.54, 1.807) is 0 Å². The molecule has 0 heterocycles. The van der Waals surface area contributed by atoms with E-state index in [0.29, 0.717) is 0 Å². The Kier molecular flexibility index (Phi) is 4.03. The quantitative estimate of drug-likeness (QED) is 0.171. The first-order chi connectivity index (χ1) is 6.34. The van der Waals surface area contributed by atoms with Crippen LogP contribution in [0.15, 0.2) is 9.98 Å². The predicted octanol–water partition coefficient (Wildman–Crippen LogP) is -4.05. The molecule has 2 amide bonds. The van der Waals surface area contributed by atoms with Crippen LogP contribution < -0.4 is 22.9 Å². The van der Waals surface area contributed by atoms with E-state index in [9.17, 15) is 9.59 Å². The maximum absolute atomic E-state index is 10.8. The first-order valence-corrected chi connectivity index (χ1v) is 3.29. The average molecular weight is 202 g/mol. The van der Waals surface area contributed by atoms with E-state index >= 15 is 0 Å². The van der Waals surface area contributed by atoms with Gasteiger partial charge in [-0.1, -0.05) is 0 Å². The first kappa shape index (κ1) is 11.8. The van der Waals surface area contributed by atoms with Crippen LogP contribution in [0, 0.1) is 0 Å². The maximum Gasteiger partial charge on any atom is 0.287 e. The second kappa shape index (κ2) is 4.77. The van der Waals surface area contributed by atoms with Crippen molar-refractivity contribution in [2.45, 2.75) is 6.10 Å². The lowest BCUT2D eigenvalue weighted by Gasteiger charge is -2.00. The van der Waals surface area contributed by atoms with Gasteiger partial charge in [0, 0.05) is 0 Å². The molecule has 0 unspecified atom stereocenters. The molecular formula is C5H10N6O3. The Morgan fingerprint density at radius 2 is 1.21 bits per heavy atom. The molecule has 0 radical (unpaired) electrons. The number of carbonyl (C=O) groups excluding carboxylic acids is 2. The number of aliphatic hydroxyl groups is 1. The van der Waals surface area contributed by atoms with Gasteiger partial charge in [-0.3, -0.25) is 9.59 Å². The summed E-state index contributed by atoms with van der Waals surface area (Å²) in [6.45, 7) is 0. The van der Waals surface area contributed by atoms with E-state index in [1.165, 1.54) is 0 Å². The molecule has 0 saturated heterocycles. The molecule has 0 aliphatic rings. The van der Waals surface area contributed by atoms with Gasteiger partial charge in [0.1, 0.15) is 0 Å². The molecule has 0 rings (SSSR count). The fourth-order valence-corrected chi connectivity index (χ4v) is 0.482. The molecule has 0 saturated carbocycles. The molecule has 14 heavy (non-hydrogen) atoms. The highest BCUT2D eigenvalue weighted by atomic mass is 16.3. The van der Waals surface area contributed by atoms with Crippen molar-refractivity contribution in [3.05, 3.63) is 0 Å². The van der Waals surface area contributed by atoms with Gasteiger partial charge >= 0.3 is 0 Å². The molecule has 9 nitrogen and oxygen atoms in total. The summed E-state index contributed by atoms with van der Waals surface area (Å²) in [7, 11) is 0. The summed E-state index contributed by atoms with van der Waals surface area (Å²) in [6.07, 6.45) is -2.10. The van der Waals surface area contributed by atoms with Gasteiger partial charge in [-0.15, -0.1) is 0 Å². The molecule has 0 fully saturated rings. The molecule has 0 aliphatic carbocycles. The van der Waals surface area contributed by atoms with Gasteiger partial charge in [0.25, 0.3) is 11.8 Å². The normalized spacial score (nSPS) is 9.29. The van der Waals surface area contributed by atoms with Crippen LogP contribution in [0.3, 0.4) is 0 Å². The molecule has 0 aromatic rings. The number of guanidine groups is 2. The van der Waals surface area contributed by atoms with Gasteiger partial charge in [-0.25, -0.2) is 0 Å². The zero-order chi connectivity index (χ0) is 11.3. The summed E-state index contributed by atoms with van der Waals surface area (Å²) in [5.41, 5.74) is 19.3. The number of amides is 2. The predicted molar refractivity (Wildman–Crippen MR) is 47.6 cm³/mol. The summed E-state index contributed by atoms with van der Waals surface area (Å²) >= 11 is 0. The highest BCUT2D eigenvalue weighted by Gasteiger charge is 2.23. The third-order valence-electron chi connectivity index (χ3n) is 0.946. The maximum atomic E-state index is 10.8. The van der Waals surface area contributed by atoms with Crippen LogP contribution in [-0.2, 0) is 9.59 Å². The van der Waals surface area contributed by atoms with Crippen molar-refractivity contribution in [2.24, 2.45) is 32.9 Å². The largest absolute Gasteiger partial charge is 0.374 e. The van der Waals surface area contributed by atoms with Crippen molar-refractivity contribution in [1.29, 1.82) is 0 Å². The van der Waals surface area contributed by atoms with E-state index in [1.807, 2.05) is 0 Å². The number of hydrogen-bond acceptors (Lipinski definition) is 3. The molecule has 0 atom stereocenters. The molecule has 0 aliphatic heterocycles. The molecule has 78 valence electrons. The van der Waals surface area contributed by atoms with E-state index in [4.69, 9.17) is 28.0 Å². The molecule has 9 heteroatoms. The van der Waals surface area contributed by atoms with Crippen molar-refractivity contribution >= 4 is 23.7 Å². The van der Waals surface area contributed by atoms with Crippen molar-refractivity contribution in [1.82, 2.24) is 0 Å². The van der Waals surface area contributed by atoms with Crippen LogP contribution in [0.4, 0.5) is 0 Å². The Bertz CT molecular complexity index is 271. The second-order valence-corrected chi connectivity index (χ2v) is 2.15. The lowest BCUT2D eigenvalue weighted by atomic mass is 10.3. The second-order valence-electron chi connectivity index (χ2n) is 2.15. The minimum atomic E-state index is -2.10. The molecule has 0 bridgehead atoms. The third kappa shape index (κ3) is 4.01. The topological polar surface area (TPSA) is 183 Å². The van der Waals surface area contributed by atoms with Gasteiger partial charge in [0.2, 0.25) is 6.10 Å². The van der Waals surface area contributed by atoms with Crippen molar-refractivity contribution in [3.63, 3.8) is 0 Å². The van der Waals surface area contributed by atoms with Gasteiger partial charge in [0.15, 0.2) is 11.9 Å². The summed E-state index contributed by atoms with van der Waals surface area (Å²) in [5, 5.41) is 8.95. The third-order valence-corrected chi connectivity index (χ3v) is 0.946. The van der Waals surface area contributed by atoms with Crippen molar-refractivity contribution < 1.29 is 14.7 Å². The highest BCUT2D eigenvalue weighted by molar-refractivity contribution is 6.09. The summed E-state index contributed by atoms with van der Waals surface area (Å²) < 4.78 is 0. The zero-order valence-electron chi connectivity index (χ0n) is 7.04. The summed E-state index contributed by atoms with van der Waals surface area (Å²) in [4.78, 5) is 27.4. The van der Waals surface area contributed by atoms with Crippen LogP contribution in [0.1, 0.15) is 0 Å². The van der Waals surface area contributed by atoms with Gasteiger partial charge in [-0.2, -0.15) is 9.98 Å². The van der Waals surface area contributed by atoms with E-state index in [-0.39, 0.29) is 0 Å². The molecule has 0 spiro atoms. The Balaban J connectivity index is 4.56. The fourth-order valence-electron chi connectivity index (χ4n) is 0.482. The molecule has 0 aromatic heterocycles. The summed E-state index contributed by atoms with van der Waals surface area (Å²) in [5.74, 6) is -3.63. The zero-order valence-corrected chi connectivity index (χ0v) is 7.04. The van der Waals surface area contributed by atoms with Crippen LogP contribution in [0.25, 0.3) is 0 Å². The monoisotopic (exact) mass is 202 g/mol. The van der Waals surface area contributed by atoms with Gasteiger partial charge in [0.05, 0.1) is 0 Å². The molecule has 0 aromatic carbocycles. The Morgan fingerprint density at radius 3 is 1.43 bits per heavy atom. The highest BCUT2D eigenvalue weighted by Crippen LogP contribution is 1.91. The minimum absolute atomic E-state index is 0.577. The lowest BCUT2D eigenvalue weighted by Crippen LogP contribution is -2.34. The SMILES string of the molecule is NC(N)=NC(=O)C(O)C(=O)N=C(N)N. The number of rotatable bonds is 2. The number of carbonyl (C=O) groups is 2. The van der Waals surface area contributed by atoms with Crippen molar-refractivity contribution in [3.8, 4) is 0 Å². The Hall–Kier alpha value is -2.16. The van der Waals surface area contributed by atoms with Gasteiger partial charge < -0.3 is 28.0 Å². The van der Waals surface area contributed by atoms with Crippen LogP contribution in [-0.4, -0.2) is 34.9 Å². The van der Waals surface area contributed by atoms with E-state index in [0.717, 1.165) is 0 Å². The smallest absolute Gasteiger partial charge is 0.287 e. The first-order valence-electron chi connectivity index (χ1n) is 3.29. The van der Waals surface area contributed by atoms with Crippen LogP contribution in [0.2, 0.25) is 0 Å². The number of aliphatic hydroxyl groups excluding tert-OH is 1. The number of hydrogen-bond donors (Lipinski definition) is 5. The van der Waals surface area contributed by atoms with Gasteiger partial charge in [-0.05, 0) is 0 Å². The fraction of sp³-hybridized carbons (Fsp3) is 0.200. The van der Waals surface area contributed by atoms with E-state index < -0.39 is 29.8 Å². The minimum Gasteiger partial charge on any atom is -0.374 e. The Morgan fingerprint density at radius 1 is 0.929 bits per heavy atom. The molecule has 9 N–H and O–H groups in total. The Labute approximate surface area is 78.5 Å². The van der Waals surface area contributed by atoms with Crippen LogP contribution in [0.5, 0.6) is 0 Å². The number of nitrogens with zero attached hydrogens (tertiary/aromatic N) is 2. The average Bonchev–Trinajstić information content (AvgIpc) is 2.00. The number of aliphatic imine (C=N–C) groups is 2. The summed E-state index contributed by atoms with van der Waals surface area (Å²) in [6, 6.07) is 0. The van der Waals surface area contributed by atoms with Crippen LogP contribution >= 0.6 is 0 Å². The van der Waals surface area contributed by atoms with Crippen molar-refractivity contribution in [2.75, 3.05) is 0 Å². The standard InChI is InChI=1S/C5H10N6O3/c6-4(7)10-2(13)1(12)3(14)11-5(8)9/h1,12H,(H4,6,7,10,13)(H4,8,9,11,14).